The molecule has 0 aromatic heterocycles. The summed E-state index contributed by atoms with van der Waals surface area (Å²) in [5.41, 5.74) is 0. The molecule has 6 heteroatoms. The summed E-state index contributed by atoms with van der Waals surface area (Å²) in [4.78, 5) is 25.0. The number of hydrogen-bond acceptors (Lipinski definition) is 3. The molecule has 1 heterocycles. The van der Waals surface area contributed by atoms with Gasteiger partial charge in [-0.2, -0.15) is 0 Å². The Hall–Kier alpha value is -0.910. The minimum Gasteiger partial charge on any atom is -0.480 e. The van der Waals surface area contributed by atoms with Crippen molar-refractivity contribution in [3.8, 4) is 0 Å². The van der Waals surface area contributed by atoms with Crippen LogP contribution in [0, 0.1) is 0 Å². The molecule has 1 saturated heterocycles. The van der Waals surface area contributed by atoms with Gasteiger partial charge in [0, 0.05) is 23.9 Å². The van der Waals surface area contributed by atoms with Gasteiger partial charge < -0.3 is 10.0 Å². The number of hydrogen-bond donors (Lipinski definition) is 1. The molecule has 0 aromatic rings. The van der Waals surface area contributed by atoms with Crippen molar-refractivity contribution in [3.05, 3.63) is 0 Å². The number of carboxylic acid groups (broad SMARTS) is 1. The highest BCUT2D eigenvalue weighted by molar-refractivity contribution is 7.87. The summed E-state index contributed by atoms with van der Waals surface area (Å²) in [7, 11) is -1.66. The molecule has 0 aliphatic carbocycles. The fraction of sp³-hybridized carbons (Fsp3) is 0.846. The van der Waals surface area contributed by atoms with Crippen molar-refractivity contribution < 1.29 is 18.9 Å². The molecule has 3 unspecified atom stereocenters. The van der Waals surface area contributed by atoms with Gasteiger partial charge in [0.2, 0.25) is 5.91 Å². The van der Waals surface area contributed by atoms with Gasteiger partial charge in [0.25, 0.3) is 0 Å². The van der Waals surface area contributed by atoms with Crippen LogP contribution in [0.2, 0.25) is 0 Å². The van der Waals surface area contributed by atoms with E-state index in [4.69, 9.17) is 5.11 Å². The first-order valence-electron chi connectivity index (χ1n) is 6.90. The summed E-state index contributed by atoms with van der Waals surface area (Å²) < 4.78 is 12.2. The van der Waals surface area contributed by atoms with E-state index < -0.39 is 27.3 Å². The van der Waals surface area contributed by atoms with E-state index in [0.29, 0.717) is 13.1 Å². The summed E-state index contributed by atoms with van der Waals surface area (Å²) in [6.45, 7) is 4.66. The minimum atomic E-state index is -1.66. The zero-order valence-corrected chi connectivity index (χ0v) is 12.4. The lowest BCUT2D eigenvalue weighted by molar-refractivity contribution is -0.136. The molecule has 1 aliphatic rings. The molecule has 1 N–H and O–H groups in total. The third-order valence-electron chi connectivity index (χ3n) is 3.54. The highest BCUT2D eigenvalue weighted by Gasteiger charge is 2.33. The van der Waals surface area contributed by atoms with Crippen LogP contribution in [0.1, 0.15) is 46.0 Å². The van der Waals surface area contributed by atoms with Crippen LogP contribution < -0.4 is 0 Å². The molecular formula is C13H23NO4S. The standard InChI is InChI=1S/C13H23NO4S/c1-3-11(13(16)17)19(18)10(2)12(15)14-8-6-4-5-7-9-14/h10-11H,3-9H2,1-2H3,(H,16,17). The molecule has 0 radical (unpaired) electrons. The Kier molecular flexibility index (Phi) is 6.48. The average Bonchev–Trinajstić information content (AvgIpc) is 2.66. The first-order valence-corrected chi connectivity index (χ1v) is 8.17. The summed E-state index contributed by atoms with van der Waals surface area (Å²) in [6.07, 6.45) is 4.46. The number of carbonyl (C=O) groups excluding carboxylic acids is 1. The van der Waals surface area contributed by atoms with Crippen molar-refractivity contribution in [2.24, 2.45) is 0 Å². The van der Waals surface area contributed by atoms with Gasteiger partial charge >= 0.3 is 5.97 Å². The van der Waals surface area contributed by atoms with Crippen LogP contribution in [0.5, 0.6) is 0 Å². The zero-order valence-electron chi connectivity index (χ0n) is 11.6. The van der Waals surface area contributed by atoms with Gasteiger partial charge in [-0.15, -0.1) is 0 Å². The lowest BCUT2D eigenvalue weighted by Gasteiger charge is -2.25. The summed E-state index contributed by atoms with van der Waals surface area (Å²) >= 11 is 0. The number of carboxylic acids is 1. The van der Waals surface area contributed by atoms with Crippen LogP contribution in [0.3, 0.4) is 0 Å². The van der Waals surface area contributed by atoms with E-state index in [9.17, 15) is 13.8 Å². The van der Waals surface area contributed by atoms with Crippen LogP contribution >= 0.6 is 0 Å². The van der Waals surface area contributed by atoms with E-state index in [1.54, 1.807) is 18.7 Å². The molecule has 0 aromatic carbocycles. The van der Waals surface area contributed by atoms with Gasteiger partial charge in [-0.1, -0.05) is 19.8 Å². The Morgan fingerprint density at radius 2 is 1.74 bits per heavy atom. The molecule has 0 bridgehead atoms. The second kappa shape index (κ2) is 7.62. The molecule has 1 aliphatic heterocycles. The molecule has 110 valence electrons. The molecule has 3 atom stereocenters. The van der Waals surface area contributed by atoms with Crippen molar-refractivity contribution in [2.75, 3.05) is 13.1 Å². The van der Waals surface area contributed by atoms with Crippen LogP contribution in [-0.2, 0) is 20.4 Å². The fourth-order valence-corrected chi connectivity index (χ4v) is 3.70. The molecular weight excluding hydrogens is 266 g/mol. The lowest BCUT2D eigenvalue weighted by atomic mass is 10.2. The van der Waals surface area contributed by atoms with Crippen molar-refractivity contribution in [2.45, 2.75) is 56.5 Å². The van der Waals surface area contributed by atoms with Gasteiger partial charge in [0.15, 0.2) is 0 Å². The normalized spacial score (nSPS) is 21.3. The zero-order chi connectivity index (χ0) is 14.4. The maximum atomic E-state index is 12.3. The Morgan fingerprint density at radius 3 is 2.16 bits per heavy atom. The number of nitrogens with zero attached hydrogens (tertiary/aromatic N) is 1. The quantitative estimate of drug-likeness (QED) is 0.830. The molecule has 1 fully saturated rings. The van der Waals surface area contributed by atoms with E-state index in [1.807, 2.05) is 0 Å². The molecule has 1 amide bonds. The first-order chi connectivity index (χ1) is 8.99. The average molecular weight is 289 g/mol. The number of rotatable bonds is 5. The third-order valence-corrected chi connectivity index (χ3v) is 5.53. The summed E-state index contributed by atoms with van der Waals surface area (Å²) in [6, 6.07) is 0. The Labute approximate surface area is 116 Å². The van der Waals surface area contributed by atoms with E-state index >= 15 is 0 Å². The second-order valence-electron chi connectivity index (χ2n) is 4.95. The highest BCUT2D eigenvalue weighted by Crippen LogP contribution is 2.15. The SMILES string of the molecule is CCC(C(=O)O)S(=O)C(C)C(=O)N1CCCCCC1. The van der Waals surface area contributed by atoms with E-state index in [1.165, 1.54) is 0 Å². The maximum absolute atomic E-state index is 12.3. The van der Waals surface area contributed by atoms with E-state index in [0.717, 1.165) is 25.7 Å². The van der Waals surface area contributed by atoms with Gasteiger partial charge in [-0.05, 0) is 26.2 Å². The number of carbonyl (C=O) groups is 2. The summed E-state index contributed by atoms with van der Waals surface area (Å²) in [5, 5.41) is 7.32. The molecule has 0 spiro atoms. The molecule has 0 saturated carbocycles. The van der Waals surface area contributed by atoms with Gasteiger partial charge in [-0.3, -0.25) is 13.8 Å². The molecule has 1 rings (SSSR count). The smallest absolute Gasteiger partial charge is 0.319 e. The fourth-order valence-electron chi connectivity index (χ4n) is 2.33. The largest absolute Gasteiger partial charge is 0.480 e. The molecule has 19 heavy (non-hydrogen) atoms. The first kappa shape index (κ1) is 16.1. The maximum Gasteiger partial charge on any atom is 0.319 e. The number of likely N-dealkylation sites (tertiary alicyclic amines) is 1. The van der Waals surface area contributed by atoms with Gasteiger partial charge in [0.05, 0.1) is 0 Å². The van der Waals surface area contributed by atoms with Gasteiger partial charge in [0.1, 0.15) is 10.5 Å². The molecule has 5 nitrogen and oxygen atoms in total. The van der Waals surface area contributed by atoms with Gasteiger partial charge in [-0.25, -0.2) is 0 Å². The lowest BCUT2D eigenvalue weighted by Crippen LogP contribution is -2.43. The van der Waals surface area contributed by atoms with Crippen molar-refractivity contribution >= 4 is 22.7 Å². The van der Waals surface area contributed by atoms with Crippen LogP contribution in [0.15, 0.2) is 0 Å². The highest BCUT2D eigenvalue weighted by atomic mass is 32.2. The monoisotopic (exact) mass is 289 g/mol. The topological polar surface area (TPSA) is 74.7 Å². The Balaban J connectivity index is 2.69. The van der Waals surface area contributed by atoms with Crippen LogP contribution in [0.25, 0.3) is 0 Å². The Morgan fingerprint density at radius 1 is 1.21 bits per heavy atom. The van der Waals surface area contributed by atoms with Crippen molar-refractivity contribution in [3.63, 3.8) is 0 Å². The van der Waals surface area contributed by atoms with Crippen LogP contribution in [-0.4, -0.2) is 49.7 Å². The third kappa shape index (κ3) is 4.30. The predicted octanol–water partition coefficient (Wildman–Crippen LogP) is 1.39. The van der Waals surface area contributed by atoms with Crippen molar-refractivity contribution in [1.82, 2.24) is 4.90 Å². The summed E-state index contributed by atoms with van der Waals surface area (Å²) in [5.74, 6) is -1.25. The predicted molar refractivity (Wildman–Crippen MR) is 74.4 cm³/mol. The number of amides is 1. The van der Waals surface area contributed by atoms with Crippen LogP contribution in [0.4, 0.5) is 0 Å². The second-order valence-corrected chi connectivity index (χ2v) is 6.88. The van der Waals surface area contributed by atoms with E-state index in [-0.39, 0.29) is 12.3 Å². The van der Waals surface area contributed by atoms with E-state index in [2.05, 4.69) is 0 Å². The Bertz CT molecular complexity index is 351. The van der Waals surface area contributed by atoms with Crippen molar-refractivity contribution in [1.29, 1.82) is 0 Å². The number of aliphatic carboxylic acids is 1. The minimum absolute atomic E-state index is 0.167.